The maximum absolute atomic E-state index is 11.0. The van der Waals surface area contributed by atoms with Crippen LogP contribution >= 0.6 is 15.9 Å². The van der Waals surface area contributed by atoms with Gasteiger partial charge in [-0.1, -0.05) is 26.2 Å². The SMILES string of the molecule is CCC1CCCC(Nc2ncc(Br)cc2[N+](=O)[O-])C1. The molecule has 1 aliphatic rings. The molecule has 0 radical (unpaired) electrons. The molecule has 1 saturated carbocycles. The monoisotopic (exact) mass is 327 g/mol. The predicted octanol–water partition coefficient (Wildman–Crippen LogP) is 4.13. The molecule has 0 saturated heterocycles. The summed E-state index contributed by atoms with van der Waals surface area (Å²) >= 11 is 3.22. The van der Waals surface area contributed by atoms with Crippen LogP contribution in [0.25, 0.3) is 0 Å². The fourth-order valence-electron chi connectivity index (χ4n) is 2.67. The summed E-state index contributed by atoms with van der Waals surface area (Å²) < 4.78 is 0.625. The Morgan fingerprint density at radius 1 is 1.58 bits per heavy atom. The van der Waals surface area contributed by atoms with Crippen LogP contribution in [0.1, 0.15) is 39.0 Å². The Bertz CT molecular complexity index is 467. The van der Waals surface area contributed by atoms with Crippen LogP contribution in [-0.2, 0) is 0 Å². The van der Waals surface area contributed by atoms with Gasteiger partial charge in [-0.15, -0.1) is 0 Å². The van der Waals surface area contributed by atoms with Gasteiger partial charge in [0.15, 0.2) is 0 Å². The molecule has 2 rings (SSSR count). The van der Waals surface area contributed by atoms with Gasteiger partial charge in [0.2, 0.25) is 5.82 Å². The van der Waals surface area contributed by atoms with Crippen molar-refractivity contribution >= 4 is 27.4 Å². The summed E-state index contributed by atoms with van der Waals surface area (Å²) in [6.07, 6.45) is 7.35. The van der Waals surface area contributed by atoms with Crippen LogP contribution in [0.5, 0.6) is 0 Å². The Labute approximate surface area is 121 Å². The van der Waals surface area contributed by atoms with Crippen molar-refractivity contribution in [1.82, 2.24) is 4.98 Å². The van der Waals surface area contributed by atoms with Gasteiger partial charge in [-0.3, -0.25) is 10.1 Å². The summed E-state index contributed by atoms with van der Waals surface area (Å²) in [4.78, 5) is 14.8. The molecule has 19 heavy (non-hydrogen) atoms. The van der Waals surface area contributed by atoms with Gasteiger partial charge in [0.1, 0.15) is 0 Å². The van der Waals surface area contributed by atoms with E-state index >= 15 is 0 Å². The molecule has 1 fully saturated rings. The molecule has 2 atom stereocenters. The first-order valence-electron chi connectivity index (χ1n) is 6.66. The largest absolute Gasteiger partial charge is 0.362 e. The number of aromatic nitrogens is 1. The van der Waals surface area contributed by atoms with E-state index in [4.69, 9.17) is 0 Å². The molecule has 0 amide bonds. The third-order valence-electron chi connectivity index (χ3n) is 3.73. The molecule has 0 spiro atoms. The molecule has 1 aromatic heterocycles. The molecule has 6 heteroatoms. The smallest absolute Gasteiger partial charge is 0.312 e. The van der Waals surface area contributed by atoms with Gasteiger partial charge in [0.05, 0.1) is 4.92 Å². The minimum atomic E-state index is -0.389. The normalized spacial score (nSPS) is 23.1. The highest BCUT2D eigenvalue weighted by Crippen LogP contribution is 2.31. The lowest BCUT2D eigenvalue weighted by molar-refractivity contribution is -0.384. The van der Waals surface area contributed by atoms with Crippen LogP contribution < -0.4 is 5.32 Å². The van der Waals surface area contributed by atoms with E-state index in [-0.39, 0.29) is 10.6 Å². The van der Waals surface area contributed by atoms with Gasteiger partial charge in [-0.25, -0.2) is 4.98 Å². The average molecular weight is 328 g/mol. The van der Waals surface area contributed by atoms with E-state index in [9.17, 15) is 10.1 Å². The number of nitrogens with zero attached hydrogens (tertiary/aromatic N) is 2. The van der Waals surface area contributed by atoms with E-state index in [1.165, 1.54) is 25.3 Å². The van der Waals surface area contributed by atoms with Crippen LogP contribution in [-0.4, -0.2) is 15.9 Å². The van der Waals surface area contributed by atoms with Crippen LogP contribution in [0.3, 0.4) is 0 Å². The van der Waals surface area contributed by atoms with Gasteiger partial charge in [0.25, 0.3) is 0 Å². The number of hydrogen-bond donors (Lipinski definition) is 1. The van der Waals surface area contributed by atoms with Crippen molar-refractivity contribution in [2.45, 2.75) is 45.1 Å². The third kappa shape index (κ3) is 3.65. The van der Waals surface area contributed by atoms with E-state index in [0.717, 1.165) is 18.8 Å². The number of rotatable bonds is 4. The summed E-state index contributed by atoms with van der Waals surface area (Å²) in [5.41, 5.74) is 0.0352. The van der Waals surface area contributed by atoms with Crippen LogP contribution in [0, 0.1) is 16.0 Å². The zero-order chi connectivity index (χ0) is 13.8. The quantitative estimate of drug-likeness (QED) is 0.666. The first-order chi connectivity index (χ1) is 9.10. The lowest BCUT2D eigenvalue weighted by Gasteiger charge is -2.29. The summed E-state index contributed by atoms with van der Waals surface area (Å²) in [6, 6.07) is 1.79. The van der Waals surface area contributed by atoms with Crippen molar-refractivity contribution < 1.29 is 4.92 Å². The van der Waals surface area contributed by atoms with Gasteiger partial charge in [-0.05, 0) is 34.7 Å². The lowest BCUT2D eigenvalue weighted by Crippen LogP contribution is -2.27. The molecule has 2 unspecified atom stereocenters. The molecule has 1 aromatic rings. The molecule has 104 valence electrons. The summed E-state index contributed by atoms with van der Waals surface area (Å²) in [5, 5.41) is 14.3. The molecule has 1 N–H and O–H groups in total. The highest BCUT2D eigenvalue weighted by molar-refractivity contribution is 9.10. The highest BCUT2D eigenvalue weighted by atomic mass is 79.9. The van der Waals surface area contributed by atoms with E-state index in [1.807, 2.05) is 0 Å². The molecular weight excluding hydrogens is 310 g/mol. The van der Waals surface area contributed by atoms with Crippen LogP contribution in [0.2, 0.25) is 0 Å². The Morgan fingerprint density at radius 3 is 3.05 bits per heavy atom. The fourth-order valence-corrected chi connectivity index (χ4v) is 2.98. The molecule has 1 heterocycles. The average Bonchev–Trinajstić information content (AvgIpc) is 2.41. The minimum absolute atomic E-state index is 0.0352. The van der Waals surface area contributed by atoms with Crippen molar-refractivity contribution in [3.8, 4) is 0 Å². The van der Waals surface area contributed by atoms with E-state index in [1.54, 1.807) is 6.20 Å². The predicted molar refractivity (Wildman–Crippen MR) is 78.3 cm³/mol. The van der Waals surface area contributed by atoms with Gasteiger partial charge in [-0.2, -0.15) is 0 Å². The summed E-state index contributed by atoms with van der Waals surface area (Å²) in [5.74, 6) is 1.11. The molecule has 0 bridgehead atoms. The molecular formula is C13H18BrN3O2. The van der Waals surface area contributed by atoms with Crippen molar-refractivity contribution in [3.05, 3.63) is 26.9 Å². The van der Waals surface area contributed by atoms with E-state index in [0.29, 0.717) is 16.3 Å². The van der Waals surface area contributed by atoms with Crippen molar-refractivity contribution in [1.29, 1.82) is 0 Å². The molecule has 1 aliphatic carbocycles. The Hall–Kier alpha value is -1.17. The highest BCUT2D eigenvalue weighted by Gasteiger charge is 2.24. The lowest BCUT2D eigenvalue weighted by atomic mass is 9.84. The Kier molecular flexibility index (Phi) is 4.74. The van der Waals surface area contributed by atoms with E-state index in [2.05, 4.69) is 33.2 Å². The Balaban J connectivity index is 2.12. The zero-order valence-electron chi connectivity index (χ0n) is 10.9. The topological polar surface area (TPSA) is 68.1 Å². The Morgan fingerprint density at radius 2 is 2.37 bits per heavy atom. The summed E-state index contributed by atoms with van der Waals surface area (Å²) in [6.45, 7) is 2.20. The number of hydrogen-bond acceptors (Lipinski definition) is 4. The first-order valence-corrected chi connectivity index (χ1v) is 7.46. The second-order valence-corrected chi connectivity index (χ2v) is 5.98. The first kappa shape index (κ1) is 14.2. The molecule has 0 aromatic carbocycles. The van der Waals surface area contributed by atoms with Crippen molar-refractivity contribution in [3.63, 3.8) is 0 Å². The number of pyridine rings is 1. The van der Waals surface area contributed by atoms with Gasteiger partial charge >= 0.3 is 5.69 Å². The van der Waals surface area contributed by atoms with Crippen molar-refractivity contribution in [2.75, 3.05) is 5.32 Å². The number of halogens is 1. The maximum Gasteiger partial charge on any atom is 0.312 e. The third-order valence-corrected chi connectivity index (χ3v) is 4.17. The number of nitrogens with one attached hydrogen (secondary N) is 1. The second kappa shape index (κ2) is 6.32. The fraction of sp³-hybridized carbons (Fsp3) is 0.615. The minimum Gasteiger partial charge on any atom is -0.362 e. The molecule has 0 aliphatic heterocycles. The van der Waals surface area contributed by atoms with Gasteiger partial charge < -0.3 is 5.32 Å². The van der Waals surface area contributed by atoms with Crippen LogP contribution in [0.4, 0.5) is 11.5 Å². The zero-order valence-corrected chi connectivity index (χ0v) is 12.5. The number of nitro groups is 1. The van der Waals surface area contributed by atoms with E-state index < -0.39 is 0 Å². The van der Waals surface area contributed by atoms with Gasteiger partial charge in [0, 0.05) is 22.8 Å². The second-order valence-electron chi connectivity index (χ2n) is 5.06. The molecule has 5 nitrogen and oxygen atoms in total. The summed E-state index contributed by atoms with van der Waals surface area (Å²) in [7, 11) is 0. The standard InChI is InChI=1S/C13H18BrN3O2/c1-2-9-4-3-5-11(6-9)16-13-12(17(18)19)7-10(14)8-15-13/h7-9,11H,2-6H2,1H3,(H,15,16). The van der Waals surface area contributed by atoms with Crippen LogP contribution in [0.15, 0.2) is 16.7 Å². The van der Waals surface area contributed by atoms with Crippen molar-refractivity contribution in [2.24, 2.45) is 5.92 Å². The maximum atomic E-state index is 11.0. The number of anilines is 1.